The third-order valence-corrected chi connectivity index (χ3v) is 4.27. The maximum atomic E-state index is 12.7. The lowest BCUT2D eigenvalue weighted by molar-refractivity contribution is 0.102. The van der Waals surface area contributed by atoms with Gasteiger partial charge in [0.25, 0.3) is 5.91 Å². The summed E-state index contributed by atoms with van der Waals surface area (Å²) in [5.74, 6) is 0.218. The minimum absolute atomic E-state index is 0.271. The highest BCUT2D eigenvalue weighted by Crippen LogP contribution is 2.20. The second-order valence-corrected chi connectivity index (χ2v) is 6.52. The van der Waals surface area contributed by atoms with E-state index in [0.717, 1.165) is 5.69 Å². The molecule has 0 aliphatic rings. The molecule has 0 spiro atoms. The van der Waals surface area contributed by atoms with Crippen LogP contribution in [-0.4, -0.2) is 18.0 Å². The van der Waals surface area contributed by atoms with Gasteiger partial charge >= 0.3 is 0 Å². The minimum Gasteiger partial charge on any atom is -0.397 e. The third kappa shape index (κ3) is 6.01. The van der Waals surface area contributed by atoms with Crippen LogP contribution >= 0.6 is 0 Å². The van der Waals surface area contributed by atoms with Crippen LogP contribution in [0.4, 0.5) is 17.1 Å². The van der Waals surface area contributed by atoms with E-state index in [2.05, 4.69) is 33.8 Å². The SMILES string of the molecule is C=C/N=C/C(=N\C(=C)c1cccc(C(=O)Nc2ccccc2N)c1)Nc1ccccc1. The van der Waals surface area contributed by atoms with Crippen molar-refractivity contribution in [1.29, 1.82) is 0 Å². The van der Waals surface area contributed by atoms with Gasteiger partial charge in [-0.15, -0.1) is 0 Å². The molecule has 0 aromatic heterocycles. The van der Waals surface area contributed by atoms with Crippen LogP contribution < -0.4 is 16.4 Å². The zero-order chi connectivity index (χ0) is 22.1. The predicted octanol–water partition coefficient (Wildman–Crippen LogP) is 5.22. The van der Waals surface area contributed by atoms with E-state index in [4.69, 9.17) is 5.73 Å². The summed E-state index contributed by atoms with van der Waals surface area (Å²) in [6.07, 6.45) is 2.98. The van der Waals surface area contributed by atoms with Gasteiger partial charge in [0.2, 0.25) is 0 Å². The number of hydrogen-bond donors (Lipinski definition) is 3. The number of benzene rings is 3. The Bertz CT molecular complexity index is 1150. The number of para-hydroxylation sites is 3. The first kappa shape index (κ1) is 21.3. The number of aliphatic imine (C=N–C) groups is 2. The summed E-state index contributed by atoms with van der Waals surface area (Å²) in [4.78, 5) is 21.3. The zero-order valence-electron chi connectivity index (χ0n) is 17.0. The summed E-state index contributed by atoms with van der Waals surface area (Å²) in [6.45, 7) is 7.64. The van der Waals surface area contributed by atoms with Gasteiger partial charge in [0.05, 0.1) is 23.3 Å². The third-order valence-electron chi connectivity index (χ3n) is 4.27. The summed E-state index contributed by atoms with van der Waals surface area (Å²) < 4.78 is 0. The Labute approximate surface area is 181 Å². The number of nitrogens with two attached hydrogens (primary N) is 1. The molecule has 3 aromatic rings. The van der Waals surface area contributed by atoms with Crippen molar-refractivity contribution in [3.63, 3.8) is 0 Å². The van der Waals surface area contributed by atoms with E-state index < -0.39 is 0 Å². The average molecular weight is 409 g/mol. The van der Waals surface area contributed by atoms with Gasteiger partial charge in [0.1, 0.15) is 5.84 Å². The molecule has 154 valence electrons. The summed E-state index contributed by atoms with van der Waals surface area (Å²) >= 11 is 0. The highest BCUT2D eigenvalue weighted by Gasteiger charge is 2.10. The molecule has 0 aliphatic carbocycles. The van der Waals surface area contributed by atoms with Crippen molar-refractivity contribution < 1.29 is 4.79 Å². The summed E-state index contributed by atoms with van der Waals surface area (Å²) in [6, 6.07) is 23.8. The van der Waals surface area contributed by atoms with Crippen LogP contribution in [0.3, 0.4) is 0 Å². The van der Waals surface area contributed by atoms with Crippen LogP contribution in [0.15, 0.2) is 108 Å². The number of nitrogen functional groups attached to an aromatic ring is 1. The van der Waals surface area contributed by atoms with Crippen LogP contribution in [0.5, 0.6) is 0 Å². The van der Waals surface area contributed by atoms with Crippen molar-refractivity contribution in [3.8, 4) is 0 Å². The van der Waals surface area contributed by atoms with E-state index in [1.165, 1.54) is 6.20 Å². The fourth-order valence-electron chi connectivity index (χ4n) is 2.74. The van der Waals surface area contributed by atoms with Gasteiger partial charge in [-0.05, 0) is 36.4 Å². The molecular weight excluding hydrogens is 386 g/mol. The Hall–Kier alpha value is -4.45. The van der Waals surface area contributed by atoms with Crippen LogP contribution in [0.1, 0.15) is 15.9 Å². The monoisotopic (exact) mass is 409 g/mol. The van der Waals surface area contributed by atoms with E-state index in [1.807, 2.05) is 48.5 Å². The molecule has 0 fully saturated rings. The molecule has 0 aliphatic heterocycles. The zero-order valence-corrected chi connectivity index (χ0v) is 17.0. The Morgan fingerprint density at radius 1 is 0.903 bits per heavy atom. The van der Waals surface area contributed by atoms with E-state index in [1.54, 1.807) is 36.5 Å². The van der Waals surface area contributed by atoms with Gasteiger partial charge in [-0.3, -0.25) is 9.79 Å². The normalized spacial score (nSPS) is 11.2. The van der Waals surface area contributed by atoms with Crippen LogP contribution in [0, 0.1) is 0 Å². The molecule has 6 heteroatoms. The Kier molecular flexibility index (Phi) is 7.11. The molecular formula is C25H23N5O. The maximum absolute atomic E-state index is 12.7. The maximum Gasteiger partial charge on any atom is 0.255 e. The highest BCUT2D eigenvalue weighted by atomic mass is 16.1. The largest absolute Gasteiger partial charge is 0.397 e. The van der Waals surface area contributed by atoms with Gasteiger partial charge < -0.3 is 16.4 Å². The quantitative estimate of drug-likeness (QED) is 0.284. The van der Waals surface area contributed by atoms with Crippen LogP contribution in [-0.2, 0) is 0 Å². The number of amidine groups is 1. The number of amides is 1. The lowest BCUT2D eigenvalue weighted by atomic mass is 10.1. The second kappa shape index (κ2) is 10.4. The molecule has 0 saturated heterocycles. The minimum atomic E-state index is -0.271. The van der Waals surface area contributed by atoms with Crippen molar-refractivity contribution in [2.75, 3.05) is 16.4 Å². The number of carbonyl (C=O) groups excluding carboxylic acids is 1. The first-order valence-corrected chi connectivity index (χ1v) is 9.57. The van der Waals surface area contributed by atoms with Gasteiger partial charge in [0.15, 0.2) is 0 Å². The molecule has 6 nitrogen and oxygen atoms in total. The summed E-state index contributed by atoms with van der Waals surface area (Å²) in [7, 11) is 0. The van der Waals surface area contributed by atoms with E-state index >= 15 is 0 Å². The number of rotatable bonds is 7. The number of nitrogens with zero attached hydrogens (tertiary/aromatic N) is 2. The lowest BCUT2D eigenvalue weighted by Crippen LogP contribution is -2.14. The molecule has 3 rings (SSSR count). The fourth-order valence-corrected chi connectivity index (χ4v) is 2.74. The molecule has 0 radical (unpaired) electrons. The van der Waals surface area contributed by atoms with E-state index in [9.17, 15) is 4.79 Å². The lowest BCUT2D eigenvalue weighted by Gasteiger charge is -2.10. The first-order valence-electron chi connectivity index (χ1n) is 9.57. The van der Waals surface area contributed by atoms with Crippen molar-refractivity contribution in [2.45, 2.75) is 0 Å². The summed E-state index contributed by atoms with van der Waals surface area (Å²) in [5, 5.41) is 6.01. The molecule has 1 amide bonds. The molecule has 31 heavy (non-hydrogen) atoms. The Morgan fingerprint density at radius 2 is 1.61 bits per heavy atom. The Balaban J connectivity index is 1.81. The number of carbonyl (C=O) groups is 1. The van der Waals surface area contributed by atoms with Crippen molar-refractivity contribution in [3.05, 3.63) is 109 Å². The molecule has 4 N–H and O–H groups in total. The molecule has 0 saturated carbocycles. The van der Waals surface area contributed by atoms with Crippen LogP contribution in [0.2, 0.25) is 0 Å². The Morgan fingerprint density at radius 3 is 2.35 bits per heavy atom. The molecule has 0 heterocycles. The van der Waals surface area contributed by atoms with Gasteiger partial charge in [-0.25, -0.2) is 4.99 Å². The first-order chi connectivity index (χ1) is 15.1. The molecule has 0 bridgehead atoms. The van der Waals surface area contributed by atoms with Gasteiger partial charge in [-0.2, -0.15) is 0 Å². The van der Waals surface area contributed by atoms with Gasteiger partial charge in [0, 0.05) is 23.0 Å². The smallest absolute Gasteiger partial charge is 0.255 e. The second-order valence-electron chi connectivity index (χ2n) is 6.52. The number of nitrogens with one attached hydrogen (secondary N) is 2. The predicted molar refractivity (Wildman–Crippen MR) is 130 cm³/mol. The molecule has 3 aromatic carbocycles. The van der Waals surface area contributed by atoms with E-state index in [0.29, 0.717) is 34.0 Å². The van der Waals surface area contributed by atoms with Gasteiger partial charge in [-0.1, -0.05) is 55.6 Å². The van der Waals surface area contributed by atoms with Crippen LogP contribution in [0.25, 0.3) is 5.70 Å². The molecule has 0 unspecified atom stereocenters. The topological polar surface area (TPSA) is 91.9 Å². The highest BCUT2D eigenvalue weighted by molar-refractivity contribution is 6.35. The standard InChI is InChI=1S/C25H23N5O/c1-3-27-17-24(29-21-12-5-4-6-13-21)28-18(2)19-10-9-11-20(16-19)25(31)30-23-15-8-7-14-22(23)26/h3-17H,1-2,26H2,(H,28,29)(H,30,31)/b27-17+. The average Bonchev–Trinajstić information content (AvgIpc) is 2.79. The van der Waals surface area contributed by atoms with Crippen molar-refractivity contribution >= 4 is 40.7 Å². The molecule has 0 atom stereocenters. The number of anilines is 3. The van der Waals surface area contributed by atoms with Crippen molar-refractivity contribution in [2.24, 2.45) is 9.98 Å². The number of hydrogen-bond acceptors (Lipinski definition) is 4. The summed E-state index contributed by atoms with van der Waals surface area (Å²) in [5.41, 5.74) is 9.47. The van der Waals surface area contributed by atoms with Crippen molar-refractivity contribution in [1.82, 2.24) is 0 Å². The fraction of sp³-hybridized carbons (Fsp3) is 0. The van der Waals surface area contributed by atoms with E-state index in [-0.39, 0.29) is 5.91 Å².